The first-order chi connectivity index (χ1) is 16.1. The van der Waals surface area contributed by atoms with E-state index in [9.17, 15) is 28.1 Å². The van der Waals surface area contributed by atoms with Gasteiger partial charge in [-0.15, -0.1) is 0 Å². The minimum Gasteiger partial charge on any atom is -0.340 e. The van der Waals surface area contributed by atoms with Crippen LogP contribution in [0.5, 0.6) is 0 Å². The van der Waals surface area contributed by atoms with Crippen LogP contribution in [0.1, 0.15) is 17.5 Å². The molecule has 11 heteroatoms. The number of carbonyl (C=O) groups excluding carboxylic acids is 2. The fourth-order valence-electron chi connectivity index (χ4n) is 4.51. The van der Waals surface area contributed by atoms with E-state index < -0.39 is 26.6 Å². The lowest BCUT2D eigenvalue weighted by Crippen LogP contribution is -2.52. The number of aryl methyl sites for hydroxylation is 1. The highest BCUT2D eigenvalue weighted by Crippen LogP contribution is 2.31. The Labute approximate surface area is 198 Å². The molecule has 2 aromatic rings. The number of amides is 2. The minimum atomic E-state index is -4.08. The maximum Gasteiger partial charge on any atom is 0.289 e. The third-order valence-corrected chi connectivity index (χ3v) is 8.52. The van der Waals surface area contributed by atoms with E-state index in [0.29, 0.717) is 0 Å². The Balaban J connectivity index is 1.43. The second-order valence-electron chi connectivity index (χ2n) is 8.58. The van der Waals surface area contributed by atoms with Crippen LogP contribution < -0.4 is 4.90 Å². The van der Waals surface area contributed by atoms with Crippen molar-refractivity contribution in [2.45, 2.75) is 25.2 Å². The van der Waals surface area contributed by atoms with E-state index in [1.807, 2.05) is 32.0 Å². The van der Waals surface area contributed by atoms with Gasteiger partial charge in [0, 0.05) is 50.9 Å². The summed E-state index contributed by atoms with van der Waals surface area (Å²) in [6, 6.07) is 11.0. The van der Waals surface area contributed by atoms with E-state index in [2.05, 4.69) is 0 Å². The van der Waals surface area contributed by atoms with Gasteiger partial charge in [0.25, 0.3) is 5.69 Å². The molecule has 10 nitrogen and oxygen atoms in total. The van der Waals surface area contributed by atoms with Crippen LogP contribution in [0.2, 0.25) is 0 Å². The number of para-hydroxylation sites is 1. The lowest BCUT2D eigenvalue weighted by atomic mass is 10.1. The van der Waals surface area contributed by atoms with Crippen LogP contribution in [-0.2, 0) is 19.6 Å². The predicted octanol–water partition coefficient (Wildman–Crippen LogP) is 2.10. The van der Waals surface area contributed by atoms with Crippen molar-refractivity contribution >= 4 is 33.2 Å². The highest BCUT2D eigenvalue weighted by Gasteiger charge is 2.40. The van der Waals surface area contributed by atoms with Gasteiger partial charge in [-0.25, -0.2) is 8.42 Å². The Hall–Kier alpha value is -3.31. The van der Waals surface area contributed by atoms with Crippen molar-refractivity contribution in [3.8, 4) is 0 Å². The van der Waals surface area contributed by atoms with Crippen LogP contribution in [0.3, 0.4) is 0 Å². The maximum atomic E-state index is 13.1. The zero-order valence-corrected chi connectivity index (χ0v) is 19.8. The molecule has 2 amide bonds. The Kier molecular flexibility index (Phi) is 6.41. The molecule has 2 saturated heterocycles. The summed E-state index contributed by atoms with van der Waals surface area (Å²) in [6.45, 7) is 4.59. The Bertz CT molecular complexity index is 1250. The van der Waals surface area contributed by atoms with E-state index >= 15 is 0 Å². The zero-order chi connectivity index (χ0) is 24.6. The number of benzene rings is 2. The largest absolute Gasteiger partial charge is 0.340 e. The molecular formula is C23H26N4O6S. The molecule has 2 fully saturated rings. The molecule has 2 aliphatic heterocycles. The van der Waals surface area contributed by atoms with Crippen LogP contribution in [0, 0.1) is 29.9 Å². The fraction of sp³-hybridized carbons (Fsp3) is 0.391. The van der Waals surface area contributed by atoms with E-state index in [1.165, 1.54) is 22.5 Å². The van der Waals surface area contributed by atoms with Gasteiger partial charge in [0.15, 0.2) is 4.90 Å². The predicted molar refractivity (Wildman–Crippen MR) is 125 cm³/mol. The summed E-state index contributed by atoms with van der Waals surface area (Å²) >= 11 is 0. The SMILES string of the molecule is Cc1cccc(N2CC(C(=O)N3CCN(S(=O)(=O)c4ccccc4[N+](=O)[O-])CC3)CC2=O)c1C. The monoisotopic (exact) mass is 486 g/mol. The van der Waals surface area contributed by atoms with E-state index in [-0.39, 0.29) is 55.9 Å². The molecule has 2 aliphatic rings. The van der Waals surface area contributed by atoms with Crippen molar-refractivity contribution in [2.24, 2.45) is 5.92 Å². The van der Waals surface area contributed by atoms with Gasteiger partial charge < -0.3 is 9.80 Å². The first-order valence-electron chi connectivity index (χ1n) is 11.0. The van der Waals surface area contributed by atoms with Gasteiger partial charge in [-0.1, -0.05) is 24.3 Å². The number of nitro groups is 1. The lowest BCUT2D eigenvalue weighted by molar-refractivity contribution is -0.387. The first-order valence-corrected chi connectivity index (χ1v) is 12.4. The molecule has 0 N–H and O–H groups in total. The standard InChI is InChI=1S/C23H26N4O6S/c1-16-6-5-8-19(17(16)2)26-15-18(14-22(26)28)23(29)24-10-12-25(13-11-24)34(32,33)21-9-4-3-7-20(21)27(30)31/h3-9,18H,10-15H2,1-2H3. The maximum absolute atomic E-state index is 13.1. The van der Waals surface area contributed by atoms with Gasteiger partial charge in [0.2, 0.25) is 21.8 Å². The van der Waals surface area contributed by atoms with E-state index in [1.54, 1.807) is 9.80 Å². The molecule has 0 spiro atoms. The normalized spacial score (nSPS) is 19.5. The summed E-state index contributed by atoms with van der Waals surface area (Å²) in [4.78, 5) is 39.2. The number of sulfonamides is 1. The number of hydrogen-bond acceptors (Lipinski definition) is 6. The first kappa shape index (κ1) is 23.8. The van der Waals surface area contributed by atoms with E-state index in [4.69, 9.17) is 0 Å². The average molecular weight is 487 g/mol. The summed E-state index contributed by atoms with van der Waals surface area (Å²) in [5.74, 6) is -0.778. The number of anilines is 1. The van der Waals surface area contributed by atoms with Crippen LogP contribution in [-0.4, -0.2) is 67.1 Å². The molecule has 0 bridgehead atoms. The Morgan fingerprint density at radius 2 is 1.71 bits per heavy atom. The topological polar surface area (TPSA) is 121 Å². The molecule has 0 radical (unpaired) electrons. The number of carbonyl (C=O) groups is 2. The molecular weight excluding hydrogens is 460 g/mol. The van der Waals surface area contributed by atoms with Crippen LogP contribution >= 0.6 is 0 Å². The fourth-order valence-corrected chi connectivity index (χ4v) is 6.09. The quantitative estimate of drug-likeness (QED) is 0.471. The second-order valence-corrected chi connectivity index (χ2v) is 10.5. The molecule has 34 heavy (non-hydrogen) atoms. The van der Waals surface area contributed by atoms with Crippen LogP contribution in [0.25, 0.3) is 0 Å². The number of nitrogens with zero attached hydrogens (tertiary/aromatic N) is 4. The molecule has 0 saturated carbocycles. The summed E-state index contributed by atoms with van der Waals surface area (Å²) < 4.78 is 27.2. The summed E-state index contributed by atoms with van der Waals surface area (Å²) in [5, 5.41) is 11.3. The number of rotatable bonds is 5. The average Bonchev–Trinajstić information content (AvgIpc) is 3.21. The van der Waals surface area contributed by atoms with Crippen molar-refractivity contribution in [3.63, 3.8) is 0 Å². The number of hydrogen-bond donors (Lipinski definition) is 0. The molecule has 4 rings (SSSR count). The van der Waals surface area contributed by atoms with Crippen molar-refractivity contribution in [1.29, 1.82) is 0 Å². The van der Waals surface area contributed by atoms with Gasteiger partial charge in [-0.05, 0) is 37.1 Å². The molecule has 180 valence electrons. The molecule has 1 unspecified atom stereocenters. The summed E-state index contributed by atoms with van der Waals surface area (Å²) in [7, 11) is -4.08. The molecule has 2 aromatic carbocycles. The number of nitro benzene ring substituents is 1. The smallest absolute Gasteiger partial charge is 0.289 e. The van der Waals surface area contributed by atoms with Crippen LogP contribution in [0.4, 0.5) is 11.4 Å². The van der Waals surface area contributed by atoms with Crippen LogP contribution in [0.15, 0.2) is 47.4 Å². The molecule has 2 heterocycles. The summed E-state index contributed by atoms with van der Waals surface area (Å²) in [5.41, 5.74) is 2.39. The van der Waals surface area contributed by atoms with Gasteiger partial charge >= 0.3 is 0 Å². The third kappa shape index (κ3) is 4.28. The molecule has 0 aromatic heterocycles. The van der Waals surface area contributed by atoms with Crippen molar-refractivity contribution in [2.75, 3.05) is 37.6 Å². The Morgan fingerprint density at radius 3 is 2.38 bits per heavy atom. The van der Waals surface area contributed by atoms with Gasteiger partial charge in [-0.2, -0.15) is 4.31 Å². The molecule has 0 aliphatic carbocycles. The van der Waals surface area contributed by atoms with Gasteiger partial charge in [-0.3, -0.25) is 19.7 Å². The lowest BCUT2D eigenvalue weighted by Gasteiger charge is -2.35. The molecule has 1 atom stereocenters. The second kappa shape index (κ2) is 9.15. The van der Waals surface area contributed by atoms with Crippen molar-refractivity contribution < 1.29 is 22.9 Å². The third-order valence-electron chi connectivity index (χ3n) is 6.57. The van der Waals surface area contributed by atoms with Gasteiger partial charge in [0.05, 0.1) is 10.8 Å². The highest BCUT2D eigenvalue weighted by molar-refractivity contribution is 7.89. The van der Waals surface area contributed by atoms with Gasteiger partial charge in [0.1, 0.15) is 0 Å². The van der Waals surface area contributed by atoms with Crippen molar-refractivity contribution in [1.82, 2.24) is 9.21 Å². The summed E-state index contributed by atoms with van der Waals surface area (Å²) in [6.07, 6.45) is 0.112. The highest BCUT2D eigenvalue weighted by atomic mass is 32.2. The number of piperazine rings is 1. The van der Waals surface area contributed by atoms with Crippen molar-refractivity contribution in [3.05, 3.63) is 63.7 Å². The zero-order valence-electron chi connectivity index (χ0n) is 19.0. The Morgan fingerprint density at radius 1 is 1.03 bits per heavy atom. The van der Waals surface area contributed by atoms with E-state index in [0.717, 1.165) is 22.9 Å². The minimum absolute atomic E-state index is 0.0293.